The van der Waals surface area contributed by atoms with E-state index in [2.05, 4.69) is 32.9 Å². The van der Waals surface area contributed by atoms with Crippen molar-refractivity contribution in [2.24, 2.45) is 28.6 Å². The Morgan fingerprint density at radius 2 is 1.88 bits per heavy atom. The van der Waals surface area contributed by atoms with Crippen molar-refractivity contribution in [3.8, 4) is 0 Å². The van der Waals surface area contributed by atoms with Crippen LogP contribution < -0.4 is 0 Å². The summed E-state index contributed by atoms with van der Waals surface area (Å²) in [7, 11) is 0. The second-order valence-corrected chi connectivity index (χ2v) is 9.13. The zero-order valence-corrected chi connectivity index (χ0v) is 15.6. The van der Waals surface area contributed by atoms with Crippen LogP contribution in [0, 0.1) is 28.6 Å². The maximum absolute atomic E-state index is 12.3. The van der Waals surface area contributed by atoms with Crippen LogP contribution in [0.4, 0.5) is 0 Å². The van der Waals surface area contributed by atoms with E-state index in [1.165, 1.54) is 5.57 Å². The van der Waals surface area contributed by atoms with Gasteiger partial charge in [-0.25, -0.2) is 0 Å². The molecule has 0 heterocycles. The molecule has 0 aromatic rings. The van der Waals surface area contributed by atoms with Crippen LogP contribution in [0.5, 0.6) is 0 Å². The summed E-state index contributed by atoms with van der Waals surface area (Å²) in [4.78, 5) is 24.2. The van der Waals surface area contributed by atoms with Crippen LogP contribution in [-0.2, 0) is 9.59 Å². The van der Waals surface area contributed by atoms with Crippen LogP contribution in [-0.4, -0.2) is 22.3 Å². The molecule has 134 valence electrons. The summed E-state index contributed by atoms with van der Waals surface area (Å²) in [6.45, 7) is 8.02. The molecule has 3 heteroatoms. The minimum absolute atomic E-state index is 0.0751. The lowest BCUT2D eigenvalue weighted by Crippen LogP contribution is -2.56. The summed E-state index contributed by atoms with van der Waals surface area (Å²) in [5.74, 6) is 1.10. The summed E-state index contributed by atoms with van der Waals surface area (Å²) in [6, 6.07) is 0. The Kier molecular flexibility index (Phi) is 3.41. The van der Waals surface area contributed by atoms with Gasteiger partial charge in [-0.2, -0.15) is 0 Å². The Balaban J connectivity index is 1.81. The predicted molar refractivity (Wildman–Crippen MR) is 96.8 cm³/mol. The first kappa shape index (κ1) is 17.0. The molecule has 4 aliphatic rings. The number of fused-ring (bicyclic) bond motifs is 5. The fourth-order valence-corrected chi connectivity index (χ4v) is 6.65. The molecule has 4 aliphatic carbocycles. The number of hydrogen-bond donors (Lipinski definition) is 1. The Morgan fingerprint density at radius 3 is 2.56 bits per heavy atom. The molecular formula is C22H28O3. The third-order valence-electron chi connectivity index (χ3n) is 8.16. The van der Waals surface area contributed by atoms with E-state index in [1.807, 2.05) is 0 Å². The molecule has 0 aromatic heterocycles. The smallest absolute Gasteiger partial charge is 0.178 e. The molecule has 0 aromatic carbocycles. The lowest BCUT2D eigenvalue weighted by molar-refractivity contribution is -0.155. The van der Waals surface area contributed by atoms with E-state index in [9.17, 15) is 14.7 Å². The maximum atomic E-state index is 12.3. The molecule has 2 saturated carbocycles. The summed E-state index contributed by atoms with van der Waals surface area (Å²) >= 11 is 0. The highest BCUT2D eigenvalue weighted by atomic mass is 16.3. The third-order valence-corrected chi connectivity index (χ3v) is 8.16. The van der Waals surface area contributed by atoms with Crippen molar-refractivity contribution in [2.75, 3.05) is 0 Å². The molecule has 1 N–H and O–H groups in total. The molecule has 6 unspecified atom stereocenters. The number of allylic oxidation sites excluding steroid dienone is 6. The summed E-state index contributed by atoms with van der Waals surface area (Å²) in [5, 5.41) is 11.2. The molecule has 0 amide bonds. The highest BCUT2D eigenvalue weighted by Crippen LogP contribution is 2.66. The van der Waals surface area contributed by atoms with Gasteiger partial charge in [0.15, 0.2) is 11.6 Å². The quantitative estimate of drug-likeness (QED) is 0.790. The topological polar surface area (TPSA) is 54.4 Å². The Morgan fingerprint density at radius 1 is 1.20 bits per heavy atom. The fourth-order valence-electron chi connectivity index (χ4n) is 6.65. The van der Waals surface area contributed by atoms with E-state index in [-0.39, 0.29) is 22.4 Å². The van der Waals surface area contributed by atoms with Crippen molar-refractivity contribution < 1.29 is 14.7 Å². The van der Waals surface area contributed by atoms with Crippen LogP contribution in [0.3, 0.4) is 0 Å². The van der Waals surface area contributed by atoms with Gasteiger partial charge in [-0.05, 0) is 75.0 Å². The van der Waals surface area contributed by atoms with Gasteiger partial charge in [-0.15, -0.1) is 0 Å². The largest absolute Gasteiger partial charge is 0.382 e. The lowest BCUT2D eigenvalue weighted by atomic mass is 9.48. The molecular weight excluding hydrogens is 312 g/mol. The number of hydrogen-bond acceptors (Lipinski definition) is 3. The molecule has 2 fully saturated rings. The van der Waals surface area contributed by atoms with Gasteiger partial charge in [0.05, 0.1) is 0 Å². The van der Waals surface area contributed by atoms with Crippen LogP contribution in [0.2, 0.25) is 0 Å². The Hall–Kier alpha value is -1.48. The fraction of sp³-hybridized carbons (Fsp3) is 0.636. The Labute approximate surface area is 149 Å². The van der Waals surface area contributed by atoms with Crippen LogP contribution >= 0.6 is 0 Å². The molecule has 6 atom stereocenters. The van der Waals surface area contributed by atoms with Gasteiger partial charge in [0.1, 0.15) is 5.60 Å². The SMILES string of the molecule is CC(=O)C1(O)CCC2C3C=C(C)C4=CC(=O)C=CC4(C)C3CCC21C. The first-order chi connectivity index (χ1) is 11.6. The lowest BCUT2D eigenvalue weighted by Gasteiger charge is -2.56. The van der Waals surface area contributed by atoms with Crippen molar-refractivity contribution >= 4 is 11.6 Å². The highest BCUT2D eigenvalue weighted by Gasteiger charge is 2.65. The number of Topliss-reactive ketones (excluding diaryl/α,β-unsaturated/α-hetero) is 1. The summed E-state index contributed by atoms with van der Waals surface area (Å²) < 4.78 is 0. The van der Waals surface area contributed by atoms with Crippen molar-refractivity contribution in [2.45, 2.75) is 59.0 Å². The molecule has 0 spiro atoms. The average molecular weight is 340 g/mol. The number of rotatable bonds is 1. The van der Waals surface area contributed by atoms with Crippen molar-refractivity contribution in [1.29, 1.82) is 0 Å². The predicted octanol–water partition coefficient (Wildman–Crippen LogP) is 3.78. The van der Waals surface area contributed by atoms with E-state index in [1.54, 1.807) is 19.1 Å². The van der Waals surface area contributed by atoms with E-state index in [0.717, 1.165) is 24.8 Å². The van der Waals surface area contributed by atoms with Crippen molar-refractivity contribution in [3.63, 3.8) is 0 Å². The molecule has 25 heavy (non-hydrogen) atoms. The monoisotopic (exact) mass is 340 g/mol. The van der Waals surface area contributed by atoms with Gasteiger partial charge in [-0.1, -0.05) is 31.6 Å². The molecule has 4 rings (SSSR count). The molecule has 0 aliphatic heterocycles. The van der Waals surface area contributed by atoms with Gasteiger partial charge in [0.25, 0.3) is 0 Å². The summed E-state index contributed by atoms with van der Waals surface area (Å²) in [5.41, 5.74) is 0.700. The van der Waals surface area contributed by atoms with Gasteiger partial charge < -0.3 is 5.11 Å². The Bertz CT molecular complexity index is 757. The number of ketones is 2. The first-order valence-electron chi connectivity index (χ1n) is 9.51. The number of carbonyl (C=O) groups excluding carboxylic acids is 2. The average Bonchev–Trinajstić information content (AvgIpc) is 2.83. The van der Waals surface area contributed by atoms with Crippen molar-refractivity contribution in [3.05, 3.63) is 35.5 Å². The van der Waals surface area contributed by atoms with Gasteiger partial charge in [0, 0.05) is 10.8 Å². The van der Waals surface area contributed by atoms with Crippen LogP contribution in [0.1, 0.15) is 53.4 Å². The third kappa shape index (κ3) is 1.96. The standard InChI is InChI=1S/C22H28O3/c1-13-11-16-17(20(3)8-5-15(24)12-19(13)20)6-9-21(4)18(16)7-10-22(21,25)14(2)23/h5,8,11-12,16-18,25H,6-7,9-10H2,1-4H3. The molecule has 0 radical (unpaired) electrons. The summed E-state index contributed by atoms with van der Waals surface area (Å²) in [6.07, 6.45) is 11.3. The van der Waals surface area contributed by atoms with Crippen molar-refractivity contribution in [1.82, 2.24) is 0 Å². The first-order valence-corrected chi connectivity index (χ1v) is 9.51. The van der Waals surface area contributed by atoms with Crippen LogP contribution in [0.25, 0.3) is 0 Å². The number of carbonyl (C=O) groups is 2. The zero-order chi connectivity index (χ0) is 18.2. The minimum atomic E-state index is -1.18. The minimum Gasteiger partial charge on any atom is -0.382 e. The molecule has 0 saturated heterocycles. The van der Waals surface area contributed by atoms with E-state index >= 15 is 0 Å². The zero-order valence-electron chi connectivity index (χ0n) is 15.6. The van der Waals surface area contributed by atoms with Gasteiger partial charge in [-0.3, -0.25) is 9.59 Å². The molecule has 3 nitrogen and oxygen atoms in total. The number of aliphatic hydroxyl groups is 1. The van der Waals surface area contributed by atoms with E-state index in [4.69, 9.17) is 0 Å². The maximum Gasteiger partial charge on any atom is 0.178 e. The second-order valence-electron chi connectivity index (χ2n) is 9.13. The normalized spacial score (nSPS) is 48.2. The van der Waals surface area contributed by atoms with E-state index in [0.29, 0.717) is 24.2 Å². The molecule has 0 bridgehead atoms. The van der Waals surface area contributed by atoms with Gasteiger partial charge >= 0.3 is 0 Å². The van der Waals surface area contributed by atoms with Crippen LogP contribution in [0.15, 0.2) is 35.5 Å². The second kappa shape index (κ2) is 5.03. The van der Waals surface area contributed by atoms with E-state index < -0.39 is 5.60 Å². The highest BCUT2D eigenvalue weighted by molar-refractivity contribution is 6.02. The van der Waals surface area contributed by atoms with Gasteiger partial charge in [0.2, 0.25) is 0 Å².